The van der Waals surface area contributed by atoms with Gasteiger partial charge in [0.15, 0.2) is 0 Å². The second-order valence-corrected chi connectivity index (χ2v) is 4.63. The van der Waals surface area contributed by atoms with Gasteiger partial charge in [-0.1, -0.05) is 36.4 Å². The van der Waals surface area contributed by atoms with Crippen molar-refractivity contribution in [1.29, 1.82) is 0 Å². The zero-order chi connectivity index (χ0) is 13.6. The fraction of sp³-hybridized carbons (Fsp3) is 0.176. The fourth-order valence-corrected chi connectivity index (χ4v) is 2.18. The van der Waals surface area contributed by atoms with Crippen LogP contribution in [0.2, 0.25) is 0 Å². The Labute approximate surface area is 118 Å². The van der Waals surface area contributed by atoms with Gasteiger partial charge in [0.1, 0.15) is 12.4 Å². The quantitative estimate of drug-likeness (QED) is 0.693. The van der Waals surface area contributed by atoms with Gasteiger partial charge in [-0.3, -0.25) is 0 Å². The fourth-order valence-electron chi connectivity index (χ4n) is 2.18. The molecule has 3 nitrogen and oxygen atoms in total. The van der Waals surface area contributed by atoms with E-state index in [1.807, 2.05) is 30.3 Å². The minimum absolute atomic E-state index is 0.645. The third-order valence-corrected chi connectivity index (χ3v) is 3.20. The molecule has 0 atom stereocenters. The molecule has 3 heteroatoms. The number of furan rings is 1. The zero-order valence-electron chi connectivity index (χ0n) is 11.2. The van der Waals surface area contributed by atoms with E-state index in [1.54, 1.807) is 12.5 Å². The van der Waals surface area contributed by atoms with E-state index < -0.39 is 0 Å². The van der Waals surface area contributed by atoms with Crippen LogP contribution in [-0.4, -0.2) is 13.2 Å². The molecule has 0 saturated heterocycles. The number of ether oxygens (including phenoxy) is 1. The Morgan fingerprint density at radius 3 is 2.80 bits per heavy atom. The van der Waals surface area contributed by atoms with E-state index in [0.29, 0.717) is 6.61 Å². The molecule has 102 valence electrons. The van der Waals surface area contributed by atoms with Gasteiger partial charge in [0.2, 0.25) is 0 Å². The third kappa shape index (κ3) is 3.00. The van der Waals surface area contributed by atoms with Crippen LogP contribution >= 0.6 is 0 Å². The highest BCUT2D eigenvalue weighted by molar-refractivity contribution is 5.88. The number of nitrogens with one attached hydrogen (secondary N) is 1. The van der Waals surface area contributed by atoms with Crippen LogP contribution in [-0.2, 0) is 6.54 Å². The maximum Gasteiger partial charge on any atom is 0.127 e. The van der Waals surface area contributed by atoms with Crippen molar-refractivity contribution >= 4 is 10.8 Å². The molecule has 0 radical (unpaired) electrons. The largest absolute Gasteiger partial charge is 0.492 e. The van der Waals surface area contributed by atoms with Crippen molar-refractivity contribution in [1.82, 2.24) is 5.32 Å². The van der Waals surface area contributed by atoms with Gasteiger partial charge in [-0.05, 0) is 17.5 Å². The number of fused-ring (bicyclic) bond motifs is 1. The van der Waals surface area contributed by atoms with Gasteiger partial charge in [-0.15, -0.1) is 0 Å². The average Bonchev–Trinajstić information content (AvgIpc) is 3.00. The predicted octanol–water partition coefficient (Wildman–Crippen LogP) is 3.60. The molecule has 20 heavy (non-hydrogen) atoms. The molecule has 1 N–H and O–H groups in total. The Kier molecular flexibility index (Phi) is 3.99. The van der Waals surface area contributed by atoms with Crippen molar-refractivity contribution in [2.45, 2.75) is 6.54 Å². The second kappa shape index (κ2) is 6.26. The molecule has 3 rings (SSSR count). The van der Waals surface area contributed by atoms with Crippen LogP contribution < -0.4 is 10.1 Å². The molecule has 0 amide bonds. The molecule has 0 fully saturated rings. The monoisotopic (exact) mass is 267 g/mol. The van der Waals surface area contributed by atoms with Gasteiger partial charge < -0.3 is 14.5 Å². The zero-order valence-corrected chi connectivity index (χ0v) is 11.2. The standard InChI is InChI=1S/C17H17NO2/c1-2-6-16-15(4-1)5-3-7-17(16)20-11-9-18-12-14-8-10-19-13-14/h1-8,10,13,18H,9,11-12H2. The summed E-state index contributed by atoms with van der Waals surface area (Å²) < 4.78 is 10.9. The van der Waals surface area contributed by atoms with Crippen LogP contribution in [0.5, 0.6) is 5.75 Å². The molecule has 1 aromatic heterocycles. The van der Waals surface area contributed by atoms with Gasteiger partial charge in [0, 0.05) is 24.0 Å². The first kappa shape index (κ1) is 12.8. The van der Waals surface area contributed by atoms with Gasteiger partial charge in [0.05, 0.1) is 12.5 Å². The Bertz CT molecular complexity index is 656. The topological polar surface area (TPSA) is 34.4 Å². The number of rotatable bonds is 6. The Balaban J connectivity index is 1.52. The van der Waals surface area contributed by atoms with Crippen LogP contribution in [0.3, 0.4) is 0 Å². The van der Waals surface area contributed by atoms with Crippen LogP contribution in [0.25, 0.3) is 10.8 Å². The lowest BCUT2D eigenvalue weighted by Crippen LogP contribution is -2.20. The number of hydrogen-bond acceptors (Lipinski definition) is 3. The lowest BCUT2D eigenvalue weighted by atomic mass is 10.1. The molecule has 2 aromatic carbocycles. The molecule has 0 aliphatic heterocycles. The Morgan fingerprint density at radius 1 is 1.00 bits per heavy atom. The van der Waals surface area contributed by atoms with Crippen LogP contribution in [0.1, 0.15) is 5.56 Å². The first-order chi connectivity index (χ1) is 9.93. The number of hydrogen-bond donors (Lipinski definition) is 1. The molecule has 0 saturated carbocycles. The minimum Gasteiger partial charge on any atom is -0.492 e. The van der Waals surface area contributed by atoms with Gasteiger partial charge in [-0.25, -0.2) is 0 Å². The maximum absolute atomic E-state index is 5.85. The van der Waals surface area contributed by atoms with E-state index in [9.17, 15) is 0 Å². The molecule has 0 aliphatic carbocycles. The van der Waals surface area contributed by atoms with Crippen molar-refractivity contribution < 1.29 is 9.15 Å². The van der Waals surface area contributed by atoms with Crippen molar-refractivity contribution in [3.05, 3.63) is 66.6 Å². The smallest absolute Gasteiger partial charge is 0.127 e. The molecule has 0 bridgehead atoms. The highest BCUT2D eigenvalue weighted by Gasteiger charge is 2.00. The van der Waals surface area contributed by atoms with Crippen molar-refractivity contribution in [3.8, 4) is 5.75 Å². The van der Waals surface area contributed by atoms with Gasteiger partial charge >= 0.3 is 0 Å². The summed E-state index contributed by atoms with van der Waals surface area (Å²) in [4.78, 5) is 0. The average molecular weight is 267 g/mol. The lowest BCUT2D eigenvalue weighted by molar-refractivity contribution is 0.317. The molecule has 3 aromatic rings. The molecular weight excluding hydrogens is 250 g/mol. The first-order valence-corrected chi connectivity index (χ1v) is 6.76. The van der Waals surface area contributed by atoms with Crippen molar-refractivity contribution in [2.75, 3.05) is 13.2 Å². The first-order valence-electron chi connectivity index (χ1n) is 6.76. The maximum atomic E-state index is 5.85. The SMILES string of the molecule is c1ccc2c(OCCNCc3ccoc3)cccc2c1. The summed E-state index contributed by atoms with van der Waals surface area (Å²) in [6.07, 6.45) is 3.43. The Hall–Kier alpha value is -2.26. The van der Waals surface area contributed by atoms with Crippen molar-refractivity contribution in [2.24, 2.45) is 0 Å². The predicted molar refractivity (Wildman–Crippen MR) is 79.9 cm³/mol. The summed E-state index contributed by atoms with van der Waals surface area (Å²) >= 11 is 0. The van der Waals surface area contributed by atoms with E-state index in [4.69, 9.17) is 9.15 Å². The van der Waals surface area contributed by atoms with Crippen LogP contribution in [0, 0.1) is 0 Å². The van der Waals surface area contributed by atoms with E-state index in [-0.39, 0.29) is 0 Å². The van der Waals surface area contributed by atoms with Crippen LogP contribution in [0.15, 0.2) is 65.5 Å². The summed E-state index contributed by atoms with van der Waals surface area (Å²) in [5.41, 5.74) is 1.15. The molecule has 0 unspecified atom stereocenters. The lowest BCUT2D eigenvalue weighted by Gasteiger charge is -2.09. The number of benzene rings is 2. The Morgan fingerprint density at radius 2 is 1.90 bits per heavy atom. The van der Waals surface area contributed by atoms with Crippen molar-refractivity contribution in [3.63, 3.8) is 0 Å². The summed E-state index contributed by atoms with van der Waals surface area (Å²) in [5, 5.41) is 5.68. The van der Waals surface area contributed by atoms with E-state index in [1.165, 1.54) is 5.39 Å². The molecule has 0 aliphatic rings. The van der Waals surface area contributed by atoms with Crippen LogP contribution in [0.4, 0.5) is 0 Å². The van der Waals surface area contributed by atoms with Gasteiger partial charge in [0.25, 0.3) is 0 Å². The molecule has 1 heterocycles. The van der Waals surface area contributed by atoms with E-state index >= 15 is 0 Å². The van der Waals surface area contributed by atoms with E-state index in [0.717, 1.165) is 29.8 Å². The summed E-state index contributed by atoms with van der Waals surface area (Å²) in [5.74, 6) is 0.938. The normalized spacial score (nSPS) is 10.8. The third-order valence-electron chi connectivity index (χ3n) is 3.20. The summed E-state index contributed by atoms with van der Waals surface area (Å²) in [6.45, 7) is 2.25. The summed E-state index contributed by atoms with van der Waals surface area (Å²) in [7, 11) is 0. The summed E-state index contributed by atoms with van der Waals surface area (Å²) in [6, 6.07) is 16.3. The highest BCUT2D eigenvalue weighted by atomic mass is 16.5. The van der Waals surface area contributed by atoms with Gasteiger partial charge in [-0.2, -0.15) is 0 Å². The van der Waals surface area contributed by atoms with E-state index in [2.05, 4.69) is 23.5 Å². The highest BCUT2D eigenvalue weighted by Crippen LogP contribution is 2.24. The molecular formula is C17H17NO2. The minimum atomic E-state index is 0.645. The molecule has 0 spiro atoms. The second-order valence-electron chi connectivity index (χ2n) is 4.63.